The van der Waals surface area contributed by atoms with E-state index in [1.807, 2.05) is 0 Å². The van der Waals surface area contributed by atoms with E-state index in [1.165, 1.54) is 22.3 Å². The highest BCUT2D eigenvalue weighted by molar-refractivity contribution is 5.69. The summed E-state index contributed by atoms with van der Waals surface area (Å²) in [4.78, 5) is 0. The van der Waals surface area contributed by atoms with E-state index in [2.05, 4.69) is 99.0 Å². The highest BCUT2D eigenvalue weighted by Crippen LogP contribution is 2.25. The maximum Gasteiger partial charge on any atom is 0.0405 e. The van der Waals surface area contributed by atoms with Crippen molar-refractivity contribution in [1.29, 1.82) is 0 Å². The van der Waals surface area contributed by atoms with Crippen LogP contribution in [0.5, 0.6) is 0 Å². The van der Waals surface area contributed by atoms with Gasteiger partial charge in [-0.05, 0) is 92.4 Å². The Labute approximate surface area is 144 Å². The van der Waals surface area contributed by atoms with Crippen LogP contribution in [-0.2, 0) is 0 Å². The Morgan fingerprint density at radius 1 is 0.458 bits per heavy atom. The lowest BCUT2D eigenvalue weighted by atomic mass is 10.1. The maximum absolute atomic E-state index is 3.49. The molecule has 0 saturated heterocycles. The fraction of sp³-hybridized carbons (Fsp3) is 0.182. The molecule has 3 aromatic rings. The molecule has 0 spiro atoms. The van der Waals surface area contributed by atoms with Crippen LogP contribution in [0.15, 0.2) is 60.7 Å². The van der Waals surface area contributed by atoms with Crippen molar-refractivity contribution in [3.63, 3.8) is 0 Å². The third kappa shape index (κ3) is 4.17. The number of hydrogen-bond acceptors (Lipinski definition) is 2. The van der Waals surface area contributed by atoms with Gasteiger partial charge in [-0.1, -0.05) is 18.2 Å². The molecule has 0 saturated carbocycles. The van der Waals surface area contributed by atoms with Gasteiger partial charge in [-0.15, -0.1) is 0 Å². The molecule has 2 N–H and O–H groups in total. The number of rotatable bonds is 4. The van der Waals surface area contributed by atoms with E-state index in [1.54, 1.807) is 0 Å². The molecular weight excluding hydrogens is 292 g/mol. The van der Waals surface area contributed by atoms with Crippen LogP contribution in [-0.4, -0.2) is 0 Å². The Morgan fingerprint density at radius 3 is 1.21 bits per heavy atom. The Morgan fingerprint density at radius 2 is 0.833 bits per heavy atom. The summed E-state index contributed by atoms with van der Waals surface area (Å²) >= 11 is 0. The third-order valence-electron chi connectivity index (χ3n) is 3.88. The van der Waals surface area contributed by atoms with E-state index in [9.17, 15) is 0 Å². The zero-order valence-corrected chi connectivity index (χ0v) is 14.8. The smallest absolute Gasteiger partial charge is 0.0405 e. The summed E-state index contributed by atoms with van der Waals surface area (Å²) in [7, 11) is 0. The first-order chi connectivity index (χ1) is 11.5. The van der Waals surface area contributed by atoms with Crippen LogP contribution in [0.2, 0.25) is 0 Å². The summed E-state index contributed by atoms with van der Waals surface area (Å²) in [5, 5.41) is 6.99. The Hall–Kier alpha value is -2.74. The zero-order chi connectivity index (χ0) is 17.1. The first-order valence-corrected chi connectivity index (χ1v) is 8.29. The molecule has 0 unspecified atom stereocenters. The number of aryl methyl sites for hydroxylation is 4. The van der Waals surface area contributed by atoms with E-state index in [4.69, 9.17) is 0 Å². The SMILES string of the molecule is Cc1cc(C)cc(Nc2cccc(Nc3cc(C)cc(C)c3)c2)c1. The van der Waals surface area contributed by atoms with Crippen LogP contribution in [0.25, 0.3) is 0 Å². The predicted molar refractivity (Wildman–Crippen MR) is 105 cm³/mol. The van der Waals surface area contributed by atoms with Crippen LogP contribution in [0.1, 0.15) is 22.3 Å². The molecule has 0 aliphatic rings. The Kier molecular flexibility index (Phi) is 4.57. The minimum atomic E-state index is 1.08. The second-order valence-electron chi connectivity index (χ2n) is 6.58. The lowest BCUT2D eigenvalue weighted by molar-refractivity contribution is 1.37. The lowest BCUT2D eigenvalue weighted by Crippen LogP contribution is -1.95. The molecule has 0 radical (unpaired) electrons. The molecule has 2 nitrogen and oxygen atoms in total. The Bertz CT molecular complexity index is 756. The van der Waals surface area contributed by atoms with Crippen molar-refractivity contribution in [3.8, 4) is 0 Å². The van der Waals surface area contributed by atoms with Crippen molar-refractivity contribution in [2.45, 2.75) is 27.7 Å². The van der Waals surface area contributed by atoms with Gasteiger partial charge in [0.25, 0.3) is 0 Å². The van der Waals surface area contributed by atoms with Gasteiger partial charge >= 0.3 is 0 Å². The molecule has 0 aliphatic carbocycles. The van der Waals surface area contributed by atoms with E-state index < -0.39 is 0 Å². The van der Waals surface area contributed by atoms with Gasteiger partial charge < -0.3 is 10.6 Å². The van der Waals surface area contributed by atoms with Gasteiger partial charge in [0.1, 0.15) is 0 Å². The number of nitrogens with one attached hydrogen (secondary N) is 2. The molecule has 0 heterocycles. The van der Waals surface area contributed by atoms with Crippen LogP contribution in [0.4, 0.5) is 22.7 Å². The summed E-state index contributed by atoms with van der Waals surface area (Å²) in [6.07, 6.45) is 0. The van der Waals surface area contributed by atoms with Gasteiger partial charge in [0.15, 0.2) is 0 Å². The Balaban J connectivity index is 1.81. The van der Waals surface area contributed by atoms with Gasteiger partial charge in [-0.25, -0.2) is 0 Å². The summed E-state index contributed by atoms with van der Waals surface area (Å²) in [5.74, 6) is 0. The first-order valence-electron chi connectivity index (χ1n) is 8.29. The highest BCUT2D eigenvalue weighted by atomic mass is 14.9. The molecule has 0 fully saturated rings. The number of hydrogen-bond donors (Lipinski definition) is 2. The fourth-order valence-electron chi connectivity index (χ4n) is 3.10. The van der Waals surface area contributed by atoms with Crippen molar-refractivity contribution in [2.75, 3.05) is 10.6 Å². The molecule has 3 aromatic carbocycles. The maximum atomic E-state index is 3.49. The zero-order valence-electron chi connectivity index (χ0n) is 14.8. The lowest BCUT2D eigenvalue weighted by Gasteiger charge is -2.12. The number of benzene rings is 3. The van der Waals surface area contributed by atoms with Crippen molar-refractivity contribution >= 4 is 22.7 Å². The average molecular weight is 316 g/mol. The summed E-state index contributed by atoms with van der Waals surface area (Å²) in [6, 6.07) is 21.4. The molecule has 0 aromatic heterocycles. The second-order valence-corrected chi connectivity index (χ2v) is 6.58. The average Bonchev–Trinajstić information content (AvgIpc) is 2.45. The molecule has 0 amide bonds. The van der Waals surface area contributed by atoms with Crippen LogP contribution >= 0.6 is 0 Å². The van der Waals surface area contributed by atoms with Crippen molar-refractivity contribution in [2.24, 2.45) is 0 Å². The standard InChI is InChI=1S/C22H24N2/c1-15-8-16(2)11-21(10-15)23-19-6-5-7-20(14-19)24-22-12-17(3)9-18(4)13-22/h5-14,23-24H,1-4H3. The van der Waals surface area contributed by atoms with Gasteiger partial charge in [0.05, 0.1) is 0 Å². The van der Waals surface area contributed by atoms with Crippen LogP contribution < -0.4 is 10.6 Å². The monoisotopic (exact) mass is 316 g/mol. The van der Waals surface area contributed by atoms with Gasteiger partial charge in [0.2, 0.25) is 0 Å². The second kappa shape index (κ2) is 6.79. The first kappa shape index (κ1) is 16.1. The van der Waals surface area contributed by atoms with Crippen LogP contribution in [0.3, 0.4) is 0 Å². The molecule has 0 bridgehead atoms. The summed E-state index contributed by atoms with van der Waals surface area (Å²) in [5.41, 5.74) is 9.46. The molecular formula is C22H24N2. The molecule has 24 heavy (non-hydrogen) atoms. The molecule has 122 valence electrons. The normalized spacial score (nSPS) is 10.5. The quantitative estimate of drug-likeness (QED) is 0.581. The minimum absolute atomic E-state index is 1.08. The van der Waals surface area contributed by atoms with Crippen molar-refractivity contribution < 1.29 is 0 Å². The van der Waals surface area contributed by atoms with Gasteiger partial charge in [0, 0.05) is 22.7 Å². The van der Waals surface area contributed by atoms with E-state index in [0.29, 0.717) is 0 Å². The van der Waals surface area contributed by atoms with Gasteiger partial charge in [-0.2, -0.15) is 0 Å². The van der Waals surface area contributed by atoms with E-state index in [0.717, 1.165) is 22.7 Å². The minimum Gasteiger partial charge on any atom is -0.355 e. The third-order valence-corrected chi connectivity index (χ3v) is 3.88. The molecule has 3 rings (SSSR count). The van der Waals surface area contributed by atoms with E-state index >= 15 is 0 Å². The molecule has 2 heteroatoms. The number of anilines is 4. The summed E-state index contributed by atoms with van der Waals surface area (Å²) < 4.78 is 0. The van der Waals surface area contributed by atoms with E-state index in [-0.39, 0.29) is 0 Å². The predicted octanol–water partition coefficient (Wildman–Crippen LogP) is 6.41. The van der Waals surface area contributed by atoms with Crippen molar-refractivity contribution in [1.82, 2.24) is 0 Å². The molecule has 0 aliphatic heterocycles. The highest BCUT2D eigenvalue weighted by Gasteiger charge is 2.01. The fourth-order valence-corrected chi connectivity index (χ4v) is 3.10. The molecule has 0 atom stereocenters. The van der Waals surface area contributed by atoms with Gasteiger partial charge in [-0.3, -0.25) is 0 Å². The van der Waals surface area contributed by atoms with Crippen molar-refractivity contribution in [3.05, 3.63) is 82.9 Å². The topological polar surface area (TPSA) is 24.1 Å². The van der Waals surface area contributed by atoms with Crippen LogP contribution in [0, 0.1) is 27.7 Å². The summed E-state index contributed by atoms with van der Waals surface area (Å²) in [6.45, 7) is 8.49. The largest absolute Gasteiger partial charge is 0.355 e.